The average Bonchev–Trinajstić information content (AvgIpc) is 2.87. The number of carbonyl (C=O) groups is 2. The Morgan fingerprint density at radius 1 is 1.00 bits per heavy atom. The molecule has 0 radical (unpaired) electrons. The van der Waals surface area contributed by atoms with Crippen LogP contribution in [0.4, 0.5) is 0 Å². The molecule has 0 bridgehead atoms. The van der Waals surface area contributed by atoms with Gasteiger partial charge in [0.05, 0.1) is 12.3 Å². The molecular weight excluding hydrogens is 412 g/mol. The maximum absolute atomic E-state index is 13.0. The van der Waals surface area contributed by atoms with Gasteiger partial charge < -0.3 is 5.32 Å². The van der Waals surface area contributed by atoms with Crippen molar-refractivity contribution < 1.29 is 9.59 Å². The number of piperidine rings is 1. The number of aryl methyl sites for hydroxylation is 1. The molecule has 2 aromatic carbocycles. The van der Waals surface area contributed by atoms with Crippen molar-refractivity contribution in [2.75, 3.05) is 19.6 Å². The second kappa shape index (κ2) is 13.5. The molecule has 1 saturated heterocycles. The Labute approximate surface area is 197 Å². The van der Waals surface area contributed by atoms with Crippen LogP contribution in [0.3, 0.4) is 0 Å². The first-order chi connectivity index (χ1) is 16.2. The minimum Gasteiger partial charge on any atom is -0.352 e. The van der Waals surface area contributed by atoms with Gasteiger partial charge in [0.2, 0.25) is 0 Å². The Morgan fingerprint density at radius 2 is 1.73 bits per heavy atom. The maximum Gasteiger partial charge on any atom is 0.257 e. The van der Waals surface area contributed by atoms with E-state index in [1.54, 1.807) is 6.21 Å². The zero-order valence-corrected chi connectivity index (χ0v) is 19.6. The third kappa shape index (κ3) is 8.13. The number of nitrogens with one attached hydrogen (secondary N) is 2. The predicted molar refractivity (Wildman–Crippen MR) is 133 cm³/mol. The van der Waals surface area contributed by atoms with E-state index >= 15 is 0 Å². The number of likely N-dealkylation sites (tertiary alicyclic amines) is 1. The molecule has 0 unspecified atom stereocenters. The van der Waals surface area contributed by atoms with Gasteiger partial charge in [-0.05, 0) is 74.9 Å². The molecule has 1 aliphatic heterocycles. The number of hydrazone groups is 1. The first-order valence-corrected chi connectivity index (χ1v) is 12.2. The van der Waals surface area contributed by atoms with Crippen LogP contribution in [0.1, 0.15) is 66.9 Å². The van der Waals surface area contributed by atoms with E-state index in [9.17, 15) is 9.59 Å². The van der Waals surface area contributed by atoms with Crippen molar-refractivity contribution in [2.24, 2.45) is 5.10 Å². The van der Waals surface area contributed by atoms with Crippen LogP contribution in [0, 0.1) is 0 Å². The Bertz CT molecular complexity index is 890. The fraction of sp³-hybridized carbons (Fsp3) is 0.444. The SMILES string of the molecule is CCc1ccc(/C=N/NC(=O)[C@H](CCCCNC(=O)c2ccccc2)N2CCCCC2)cc1. The molecule has 1 aliphatic rings. The maximum atomic E-state index is 13.0. The highest BCUT2D eigenvalue weighted by molar-refractivity contribution is 5.94. The monoisotopic (exact) mass is 448 g/mol. The molecule has 1 heterocycles. The zero-order valence-electron chi connectivity index (χ0n) is 19.6. The summed E-state index contributed by atoms with van der Waals surface area (Å²) in [6.45, 7) is 4.63. The molecule has 1 atom stereocenters. The van der Waals surface area contributed by atoms with E-state index < -0.39 is 0 Å². The largest absolute Gasteiger partial charge is 0.352 e. The number of hydrogen-bond donors (Lipinski definition) is 2. The fourth-order valence-electron chi connectivity index (χ4n) is 4.15. The zero-order chi connectivity index (χ0) is 23.3. The lowest BCUT2D eigenvalue weighted by Crippen LogP contribution is -2.47. The molecular formula is C27H36N4O2. The van der Waals surface area contributed by atoms with Gasteiger partial charge in [0.15, 0.2) is 0 Å². The van der Waals surface area contributed by atoms with E-state index in [2.05, 4.69) is 39.8 Å². The van der Waals surface area contributed by atoms with Gasteiger partial charge in [-0.1, -0.05) is 55.8 Å². The summed E-state index contributed by atoms with van der Waals surface area (Å²) in [5.74, 6) is -0.103. The van der Waals surface area contributed by atoms with Gasteiger partial charge >= 0.3 is 0 Å². The molecule has 33 heavy (non-hydrogen) atoms. The van der Waals surface area contributed by atoms with Gasteiger partial charge in [-0.15, -0.1) is 0 Å². The van der Waals surface area contributed by atoms with Crippen molar-refractivity contribution >= 4 is 18.0 Å². The lowest BCUT2D eigenvalue weighted by atomic mass is 10.0. The fourth-order valence-corrected chi connectivity index (χ4v) is 4.15. The van der Waals surface area contributed by atoms with Crippen molar-refractivity contribution in [3.8, 4) is 0 Å². The van der Waals surface area contributed by atoms with Gasteiger partial charge in [0, 0.05) is 12.1 Å². The molecule has 2 amide bonds. The topological polar surface area (TPSA) is 73.8 Å². The molecule has 6 nitrogen and oxygen atoms in total. The van der Waals surface area contributed by atoms with Gasteiger partial charge in [0.25, 0.3) is 11.8 Å². The van der Waals surface area contributed by atoms with Crippen LogP contribution >= 0.6 is 0 Å². The van der Waals surface area contributed by atoms with Gasteiger partial charge in [0.1, 0.15) is 0 Å². The first kappa shape index (κ1) is 24.6. The van der Waals surface area contributed by atoms with Crippen molar-refractivity contribution in [2.45, 2.75) is 57.9 Å². The van der Waals surface area contributed by atoms with Crippen LogP contribution in [0.5, 0.6) is 0 Å². The molecule has 3 rings (SSSR count). The van der Waals surface area contributed by atoms with Gasteiger partial charge in [-0.2, -0.15) is 5.10 Å². The van der Waals surface area contributed by atoms with Gasteiger partial charge in [-0.3, -0.25) is 14.5 Å². The Morgan fingerprint density at radius 3 is 2.42 bits per heavy atom. The number of hydrogen-bond acceptors (Lipinski definition) is 4. The molecule has 2 aromatic rings. The van der Waals surface area contributed by atoms with E-state index in [4.69, 9.17) is 0 Å². The molecule has 6 heteroatoms. The number of nitrogens with zero attached hydrogens (tertiary/aromatic N) is 2. The van der Waals surface area contributed by atoms with E-state index in [0.29, 0.717) is 12.1 Å². The summed E-state index contributed by atoms with van der Waals surface area (Å²) < 4.78 is 0. The Balaban J connectivity index is 1.47. The third-order valence-corrected chi connectivity index (χ3v) is 6.14. The molecule has 0 saturated carbocycles. The summed E-state index contributed by atoms with van der Waals surface area (Å²) in [7, 11) is 0. The smallest absolute Gasteiger partial charge is 0.257 e. The van der Waals surface area contributed by atoms with Crippen molar-refractivity contribution in [1.82, 2.24) is 15.6 Å². The minimum atomic E-state index is -0.185. The van der Waals surface area contributed by atoms with Crippen molar-refractivity contribution in [1.29, 1.82) is 0 Å². The lowest BCUT2D eigenvalue weighted by molar-refractivity contribution is -0.127. The molecule has 0 aliphatic carbocycles. The summed E-state index contributed by atoms with van der Waals surface area (Å²) in [4.78, 5) is 27.4. The van der Waals surface area contributed by atoms with Crippen LogP contribution in [0.25, 0.3) is 0 Å². The molecule has 0 spiro atoms. The second-order valence-corrected chi connectivity index (χ2v) is 8.56. The second-order valence-electron chi connectivity index (χ2n) is 8.56. The molecule has 2 N–H and O–H groups in total. The van der Waals surface area contributed by atoms with E-state index in [0.717, 1.165) is 57.2 Å². The molecule has 0 aromatic heterocycles. The summed E-state index contributed by atoms with van der Waals surface area (Å²) >= 11 is 0. The van der Waals surface area contributed by atoms with Gasteiger partial charge in [-0.25, -0.2) is 5.43 Å². The standard InChI is InChI=1S/C27H36N4O2/c1-2-22-14-16-23(17-15-22)21-29-30-27(33)25(31-19-9-4-10-20-31)13-7-8-18-28-26(32)24-11-5-3-6-12-24/h3,5-6,11-12,14-17,21,25H,2,4,7-10,13,18-20H2,1H3,(H,28,32)(H,30,33)/b29-21+/t25-/m0/s1. The minimum absolute atomic E-state index is 0.0494. The average molecular weight is 449 g/mol. The molecule has 1 fully saturated rings. The van der Waals surface area contributed by atoms with E-state index in [-0.39, 0.29) is 17.9 Å². The Hall–Kier alpha value is -2.99. The highest BCUT2D eigenvalue weighted by Crippen LogP contribution is 2.16. The summed E-state index contributed by atoms with van der Waals surface area (Å²) in [5.41, 5.74) is 5.68. The normalized spacial score (nSPS) is 15.3. The number of carbonyl (C=O) groups excluding carboxylic acids is 2. The van der Waals surface area contributed by atoms with Crippen LogP contribution < -0.4 is 10.7 Å². The number of benzene rings is 2. The molecule has 176 valence electrons. The Kier molecular flexibility index (Phi) is 10.1. The highest BCUT2D eigenvalue weighted by Gasteiger charge is 2.26. The van der Waals surface area contributed by atoms with Crippen LogP contribution in [-0.4, -0.2) is 48.6 Å². The van der Waals surface area contributed by atoms with E-state index in [1.165, 1.54) is 12.0 Å². The van der Waals surface area contributed by atoms with Crippen LogP contribution in [-0.2, 0) is 11.2 Å². The first-order valence-electron chi connectivity index (χ1n) is 12.2. The number of unbranched alkanes of at least 4 members (excludes halogenated alkanes) is 1. The van der Waals surface area contributed by atoms with Crippen LogP contribution in [0.2, 0.25) is 0 Å². The number of rotatable bonds is 11. The number of amides is 2. The summed E-state index contributed by atoms with van der Waals surface area (Å²) in [6, 6.07) is 17.2. The summed E-state index contributed by atoms with van der Waals surface area (Å²) in [5, 5.41) is 7.17. The summed E-state index contributed by atoms with van der Waals surface area (Å²) in [6.07, 6.45) is 8.64. The quantitative estimate of drug-likeness (QED) is 0.308. The van der Waals surface area contributed by atoms with Crippen molar-refractivity contribution in [3.63, 3.8) is 0 Å². The van der Waals surface area contributed by atoms with Crippen molar-refractivity contribution in [3.05, 3.63) is 71.3 Å². The van der Waals surface area contributed by atoms with Crippen LogP contribution in [0.15, 0.2) is 59.7 Å². The lowest BCUT2D eigenvalue weighted by Gasteiger charge is -2.33. The van der Waals surface area contributed by atoms with E-state index in [1.807, 2.05) is 42.5 Å². The highest BCUT2D eigenvalue weighted by atomic mass is 16.2. The third-order valence-electron chi connectivity index (χ3n) is 6.14. The predicted octanol–water partition coefficient (Wildman–Crippen LogP) is 4.15.